The number of carbonyl (C=O) groups is 1. The highest BCUT2D eigenvalue weighted by Gasteiger charge is 2.18. The Hall–Kier alpha value is -1.66. The number of nitrogens with zero attached hydrogens (tertiary/aromatic N) is 2. The van der Waals surface area contributed by atoms with Gasteiger partial charge in [0.1, 0.15) is 4.88 Å². The lowest BCUT2D eigenvalue weighted by molar-refractivity contribution is 0.0935. The summed E-state index contributed by atoms with van der Waals surface area (Å²) in [4.78, 5) is 19.3. The van der Waals surface area contributed by atoms with Crippen LogP contribution in [0, 0.1) is 0 Å². The highest BCUT2D eigenvalue weighted by molar-refractivity contribution is 7.21. The Labute approximate surface area is 129 Å². The Morgan fingerprint density at radius 1 is 1.48 bits per heavy atom. The zero-order chi connectivity index (χ0) is 15.4. The van der Waals surface area contributed by atoms with E-state index in [4.69, 9.17) is 5.73 Å². The van der Waals surface area contributed by atoms with Gasteiger partial charge >= 0.3 is 0 Å². The van der Waals surface area contributed by atoms with Crippen molar-refractivity contribution in [3.63, 3.8) is 0 Å². The molecule has 1 unspecified atom stereocenters. The average Bonchev–Trinajstić information content (AvgIpc) is 2.82. The number of nitrogens with two attached hydrogens (primary N) is 1. The molecule has 2 heterocycles. The van der Waals surface area contributed by atoms with Gasteiger partial charge in [0.05, 0.1) is 10.4 Å². The Morgan fingerprint density at radius 2 is 2.19 bits per heavy atom. The van der Waals surface area contributed by atoms with Gasteiger partial charge in [-0.25, -0.2) is 0 Å². The van der Waals surface area contributed by atoms with Crippen LogP contribution in [0.15, 0.2) is 18.5 Å². The monoisotopic (exact) mass is 306 g/mol. The molecule has 21 heavy (non-hydrogen) atoms. The molecule has 0 saturated carbocycles. The molecule has 0 saturated heterocycles. The topological polar surface area (TPSA) is 71.2 Å². The van der Waals surface area contributed by atoms with Crippen molar-refractivity contribution in [1.82, 2.24) is 15.2 Å². The molecule has 2 aromatic heterocycles. The molecule has 6 heteroatoms. The minimum Gasteiger partial charge on any atom is -0.397 e. The summed E-state index contributed by atoms with van der Waals surface area (Å²) >= 11 is 1.39. The number of rotatable bonds is 6. The first-order valence-corrected chi connectivity index (χ1v) is 8.03. The molecule has 0 radical (unpaired) electrons. The molecule has 0 aliphatic heterocycles. The first-order valence-electron chi connectivity index (χ1n) is 7.22. The van der Waals surface area contributed by atoms with Crippen molar-refractivity contribution in [2.24, 2.45) is 0 Å². The van der Waals surface area contributed by atoms with Gasteiger partial charge in [0.25, 0.3) is 5.91 Å². The molecule has 0 bridgehead atoms. The second-order valence-corrected chi connectivity index (χ2v) is 6.13. The second-order valence-electron chi connectivity index (χ2n) is 5.08. The van der Waals surface area contributed by atoms with Crippen LogP contribution < -0.4 is 11.1 Å². The van der Waals surface area contributed by atoms with Crippen LogP contribution in [0.4, 0.5) is 5.69 Å². The summed E-state index contributed by atoms with van der Waals surface area (Å²) < 4.78 is 0.941. The van der Waals surface area contributed by atoms with Crippen molar-refractivity contribution in [2.75, 3.05) is 25.4 Å². The Balaban J connectivity index is 2.10. The number of hydrogen-bond donors (Lipinski definition) is 2. The fourth-order valence-corrected chi connectivity index (χ4v) is 3.34. The number of anilines is 1. The summed E-state index contributed by atoms with van der Waals surface area (Å²) in [5.74, 6) is -0.103. The standard InChI is InChI=1S/C15H22N4OS/c1-4-19(5-2)9-10(3)18-15(20)14-13(16)11-6-7-17-8-12(11)21-14/h6-8,10H,4-5,9,16H2,1-3H3,(H,18,20). The van der Waals surface area contributed by atoms with Crippen molar-refractivity contribution in [3.8, 4) is 0 Å². The molecule has 0 aliphatic carbocycles. The number of thiophene rings is 1. The van der Waals surface area contributed by atoms with E-state index in [1.165, 1.54) is 11.3 Å². The molecule has 0 aliphatic rings. The summed E-state index contributed by atoms with van der Waals surface area (Å²) in [5.41, 5.74) is 6.63. The van der Waals surface area contributed by atoms with E-state index in [0.717, 1.165) is 29.7 Å². The number of nitrogens with one attached hydrogen (secondary N) is 1. The summed E-state index contributed by atoms with van der Waals surface area (Å²) in [6, 6.07) is 1.93. The highest BCUT2D eigenvalue weighted by atomic mass is 32.1. The van der Waals surface area contributed by atoms with E-state index in [9.17, 15) is 4.79 Å². The number of amides is 1. The van der Waals surface area contributed by atoms with Gasteiger partial charge in [-0.05, 0) is 26.1 Å². The van der Waals surface area contributed by atoms with E-state index in [0.29, 0.717) is 10.6 Å². The molecule has 3 N–H and O–H groups in total. The molecule has 2 rings (SSSR count). The van der Waals surface area contributed by atoms with Gasteiger partial charge in [-0.15, -0.1) is 11.3 Å². The van der Waals surface area contributed by atoms with Crippen LogP contribution in [0.2, 0.25) is 0 Å². The highest BCUT2D eigenvalue weighted by Crippen LogP contribution is 2.32. The van der Waals surface area contributed by atoms with Crippen molar-refractivity contribution >= 4 is 33.0 Å². The zero-order valence-electron chi connectivity index (χ0n) is 12.7. The van der Waals surface area contributed by atoms with Crippen LogP contribution in [-0.2, 0) is 0 Å². The van der Waals surface area contributed by atoms with E-state index in [-0.39, 0.29) is 11.9 Å². The molecule has 1 amide bonds. The first-order chi connectivity index (χ1) is 10.1. The maximum atomic E-state index is 12.4. The number of nitrogen functional groups attached to an aromatic ring is 1. The van der Waals surface area contributed by atoms with Gasteiger partial charge < -0.3 is 16.0 Å². The van der Waals surface area contributed by atoms with Crippen LogP contribution in [0.25, 0.3) is 10.1 Å². The largest absolute Gasteiger partial charge is 0.397 e. The lowest BCUT2D eigenvalue weighted by atomic mass is 10.2. The quantitative estimate of drug-likeness (QED) is 0.859. The molecular formula is C15H22N4OS. The minimum atomic E-state index is -0.103. The van der Waals surface area contributed by atoms with E-state index < -0.39 is 0 Å². The van der Waals surface area contributed by atoms with Crippen molar-refractivity contribution < 1.29 is 4.79 Å². The average molecular weight is 306 g/mol. The third-order valence-corrected chi connectivity index (χ3v) is 4.70. The minimum absolute atomic E-state index is 0.0835. The molecular weight excluding hydrogens is 284 g/mol. The van der Waals surface area contributed by atoms with Crippen LogP contribution in [0.3, 0.4) is 0 Å². The molecule has 0 spiro atoms. The number of hydrogen-bond acceptors (Lipinski definition) is 5. The fraction of sp³-hybridized carbons (Fsp3) is 0.467. The Bertz CT molecular complexity index is 621. The number of fused-ring (bicyclic) bond motifs is 1. The maximum Gasteiger partial charge on any atom is 0.263 e. The van der Waals surface area contributed by atoms with Crippen LogP contribution in [0.1, 0.15) is 30.4 Å². The summed E-state index contributed by atoms with van der Waals surface area (Å²) in [6.45, 7) is 9.05. The van der Waals surface area contributed by atoms with Gasteiger partial charge in [-0.1, -0.05) is 13.8 Å². The van der Waals surface area contributed by atoms with E-state index >= 15 is 0 Å². The lowest BCUT2D eigenvalue weighted by Crippen LogP contribution is -2.41. The van der Waals surface area contributed by atoms with Crippen molar-refractivity contribution in [1.29, 1.82) is 0 Å². The molecule has 1 atom stereocenters. The van der Waals surface area contributed by atoms with E-state index in [1.807, 2.05) is 13.0 Å². The van der Waals surface area contributed by atoms with Crippen molar-refractivity contribution in [2.45, 2.75) is 26.8 Å². The number of carbonyl (C=O) groups excluding carboxylic acids is 1. The lowest BCUT2D eigenvalue weighted by Gasteiger charge is -2.23. The first kappa shape index (κ1) is 15.7. The van der Waals surface area contributed by atoms with Gasteiger partial charge in [0.15, 0.2) is 0 Å². The molecule has 5 nitrogen and oxygen atoms in total. The number of likely N-dealkylation sites (N-methyl/N-ethyl adjacent to an activating group) is 1. The van der Waals surface area contributed by atoms with Gasteiger partial charge in [0.2, 0.25) is 0 Å². The molecule has 0 aromatic carbocycles. The number of aromatic nitrogens is 1. The van der Waals surface area contributed by atoms with Crippen molar-refractivity contribution in [3.05, 3.63) is 23.3 Å². The third-order valence-electron chi connectivity index (χ3n) is 3.54. The Morgan fingerprint density at radius 3 is 2.81 bits per heavy atom. The summed E-state index contributed by atoms with van der Waals surface area (Å²) in [5, 5.41) is 3.93. The fourth-order valence-electron chi connectivity index (χ4n) is 2.34. The van der Waals surface area contributed by atoms with Crippen LogP contribution >= 0.6 is 11.3 Å². The zero-order valence-corrected chi connectivity index (χ0v) is 13.5. The summed E-state index contributed by atoms with van der Waals surface area (Å²) in [7, 11) is 0. The van der Waals surface area contributed by atoms with Gasteiger partial charge in [-0.3, -0.25) is 9.78 Å². The van der Waals surface area contributed by atoms with Crippen LogP contribution in [-0.4, -0.2) is 41.5 Å². The maximum absolute atomic E-state index is 12.4. The second kappa shape index (κ2) is 6.87. The van der Waals surface area contributed by atoms with Gasteiger partial charge in [0, 0.05) is 30.4 Å². The molecule has 114 valence electrons. The normalized spacial score (nSPS) is 12.8. The molecule has 0 fully saturated rings. The van der Waals surface area contributed by atoms with Gasteiger partial charge in [-0.2, -0.15) is 0 Å². The SMILES string of the molecule is CCN(CC)CC(C)NC(=O)c1sc2cnccc2c1N. The smallest absolute Gasteiger partial charge is 0.263 e. The Kier molecular flexibility index (Phi) is 5.14. The van der Waals surface area contributed by atoms with E-state index in [1.54, 1.807) is 12.4 Å². The van der Waals surface area contributed by atoms with Crippen LogP contribution in [0.5, 0.6) is 0 Å². The predicted molar refractivity (Wildman–Crippen MR) is 88.7 cm³/mol. The number of pyridine rings is 1. The van der Waals surface area contributed by atoms with E-state index in [2.05, 4.69) is 29.0 Å². The molecule has 2 aromatic rings. The predicted octanol–water partition coefficient (Wildman–Crippen LogP) is 2.34. The summed E-state index contributed by atoms with van der Waals surface area (Å²) in [6.07, 6.45) is 3.43. The third kappa shape index (κ3) is 3.51.